The van der Waals surface area contributed by atoms with Gasteiger partial charge in [-0.05, 0) is 35.8 Å². The van der Waals surface area contributed by atoms with Crippen LogP contribution in [0, 0.1) is 0 Å². The summed E-state index contributed by atoms with van der Waals surface area (Å²) in [5, 5.41) is 8.69. The molecule has 2 heterocycles. The van der Waals surface area contributed by atoms with Crippen LogP contribution in [0.2, 0.25) is 0 Å². The topological polar surface area (TPSA) is 50.8 Å². The summed E-state index contributed by atoms with van der Waals surface area (Å²) in [5.41, 5.74) is 7.83. The van der Waals surface area contributed by atoms with E-state index in [1.165, 1.54) is 4.88 Å². The van der Waals surface area contributed by atoms with E-state index < -0.39 is 0 Å². The highest BCUT2D eigenvalue weighted by Gasteiger charge is 2.31. The van der Waals surface area contributed by atoms with Crippen molar-refractivity contribution in [1.29, 1.82) is 0 Å². The first-order valence-electron chi connectivity index (χ1n) is 6.53. The van der Waals surface area contributed by atoms with Gasteiger partial charge >= 0.3 is 0 Å². The van der Waals surface area contributed by atoms with Gasteiger partial charge in [0.1, 0.15) is 5.75 Å². The lowest BCUT2D eigenvalue weighted by molar-refractivity contribution is 0.378. The van der Waals surface area contributed by atoms with E-state index in [9.17, 15) is 0 Å². The number of hydrazone groups is 1. The number of ether oxygens (including phenoxy) is 1. The van der Waals surface area contributed by atoms with E-state index in [4.69, 9.17) is 22.7 Å². The minimum Gasteiger partial charge on any atom is -0.497 e. The van der Waals surface area contributed by atoms with Crippen LogP contribution >= 0.6 is 23.6 Å². The number of benzene rings is 1. The largest absolute Gasteiger partial charge is 0.497 e. The Balaban J connectivity index is 1.93. The van der Waals surface area contributed by atoms with Gasteiger partial charge in [-0.3, -0.25) is 0 Å². The van der Waals surface area contributed by atoms with Gasteiger partial charge in [0.2, 0.25) is 0 Å². The zero-order valence-corrected chi connectivity index (χ0v) is 13.2. The van der Waals surface area contributed by atoms with Crippen LogP contribution in [-0.4, -0.2) is 22.9 Å². The zero-order valence-electron chi connectivity index (χ0n) is 11.5. The average molecular weight is 317 g/mol. The van der Waals surface area contributed by atoms with Gasteiger partial charge < -0.3 is 10.5 Å². The molecular formula is C15H15N3OS2. The monoisotopic (exact) mass is 317 g/mol. The molecular weight excluding hydrogens is 302 g/mol. The molecule has 0 spiro atoms. The second-order valence-corrected chi connectivity index (χ2v) is 6.09. The van der Waals surface area contributed by atoms with E-state index >= 15 is 0 Å². The fourth-order valence-electron chi connectivity index (χ4n) is 2.39. The van der Waals surface area contributed by atoms with Gasteiger partial charge in [0, 0.05) is 16.9 Å². The van der Waals surface area contributed by atoms with Crippen molar-refractivity contribution in [1.82, 2.24) is 5.01 Å². The van der Waals surface area contributed by atoms with Crippen molar-refractivity contribution in [2.75, 3.05) is 7.11 Å². The molecule has 0 aliphatic carbocycles. The second-order valence-electron chi connectivity index (χ2n) is 4.70. The summed E-state index contributed by atoms with van der Waals surface area (Å²) in [6.07, 6.45) is 0.783. The van der Waals surface area contributed by atoms with Crippen molar-refractivity contribution in [2.24, 2.45) is 10.8 Å². The van der Waals surface area contributed by atoms with Crippen molar-refractivity contribution in [3.05, 3.63) is 52.2 Å². The molecule has 0 saturated carbocycles. The first kappa shape index (κ1) is 14.0. The molecule has 1 aromatic carbocycles. The van der Waals surface area contributed by atoms with Crippen LogP contribution in [0.15, 0.2) is 46.9 Å². The molecule has 0 fully saturated rings. The summed E-state index contributed by atoms with van der Waals surface area (Å²) in [4.78, 5) is 1.21. The van der Waals surface area contributed by atoms with Crippen LogP contribution in [0.5, 0.6) is 5.75 Å². The summed E-state index contributed by atoms with van der Waals surface area (Å²) in [7, 11) is 1.66. The Morgan fingerprint density at radius 1 is 1.43 bits per heavy atom. The number of hydrogen-bond acceptors (Lipinski definition) is 4. The van der Waals surface area contributed by atoms with Crippen molar-refractivity contribution in [3.63, 3.8) is 0 Å². The Kier molecular flexibility index (Phi) is 3.90. The number of thiocarbonyl (C=S) groups is 1. The quantitative estimate of drug-likeness (QED) is 0.884. The van der Waals surface area contributed by atoms with Gasteiger partial charge in [0.25, 0.3) is 0 Å². The third-order valence-electron chi connectivity index (χ3n) is 3.41. The molecule has 0 saturated heterocycles. The Morgan fingerprint density at radius 3 is 2.95 bits per heavy atom. The molecule has 0 bridgehead atoms. The lowest BCUT2D eigenvalue weighted by Crippen LogP contribution is -2.31. The number of nitrogens with two attached hydrogens (primary N) is 1. The van der Waals surface area contributed by atoms with Gasteiger partial charge in [0.05, 0.1) is 18.9 Å². The number of nitrogens with zero attached hydrogens (tertiary/aromatic N) is 2. The Morgan fingerprint density at radius 2 is 2.29 bits per heavy atom. The van der Waals surface area contributed by atoms with Crippen LogP contribution < -0.4 is 10.5 Å². The predicted octanol–water partition coefficient (Wildman–Crippen LogP) is 3.15. The Hall–Kier alpha value is -1.92. The second kappa shape index (κ2) is 5.83. The minimum atomic E-state index is 0.0868. The van der Waals surface area contributed by atoms with Crippen LogP contribution in [0.1, 0.15) is 22.9 Å². The number of hydrogen-bond donors (Lipinski definition) is 1. The van der Waals surface area contributed by atoms with Crippen LogP contribution in [0.25, 0.3) is 0 Å². The van der Waals surface area contributed by atoms with E-state index in [-0.39, 0.29) is 6.04 Å². The first-order valence-corrected chi connectivity index (χ1v) is 7.82. The highest BCUT2D eigenvalue weighted by molar-refractivity contribution is 7.80. The maximum atomic E-state index is 5.82. The van der Waals surface area contributed by atoms with E-state index in [2.05, 4.69) is 16.5 Å². The summed E-state index contributed by atoms with van der Waals surface area (Å²) in [5.74, 6) is 0.816. The summed E-state index contributed by atoms with van der Waals surface area (Å²) < 4.78 is 5.27. The predicted molar refractivity (Wildman–Crippen MR) is 89.8 cm³/mol. The third-order valence-corrected chi connectivity index (χ3v) is 4.57. The standard InChI is InChI=1S/C15H15N3OS2/c1-19-11-5-2-4-10(8-11)12-9-13(14-6-3-7-21-14)18(17-12)15(16)20/h2-8,13H,9H2,1H3,(H2,16,20). The highest BCUT2D eigenvalue weighted by atomic mass is 32.1. The molecule has 2 aromatic rings. The van der Waals surface area contributed by atoms with E-state index in [0.29, 0.717) is 5.11 Å². The summed E-state index contributed by atoms with van der Waals surface area (Å²) in [6.45, 7) is 0. The number of rotatable bonds is 3. The Bertz CT molecular complexity index is 682. The molecule has 3 rings (SSSR count). The van der Waals surface area contributed by atoms with Crippen LogP contribution in [0.3, 0.4) is 0 Å². The van der Waals surface area contributed by atoms with Gasteiger partial charge in [0.15, 0.2) is 5.11 Å². The number of thiophene rings is 1. The molecule has 1 atom stereocenters. The van der Waals surface area contributed by atoms with E-state index in [0.717, 1.165) is 23.4 Å². The molecule has 1 aliphatic heterocycles. The van der Waals surface area contributed by atoms with Gasteiger partial charge in [-0.25, -0.2) is 5.01 Å². The van der Waals surface area contributed by atoms with Gasteiger partial charge in [-0.1, -0.05) is 18.2 Å². The van der Waals surface area contributed by atoms with Crippen molar-refractivity contribution in [3.8, 4) is 5.75 Å². The van der Waals surface area contributed by atoms with Gasteiger partial charge in [-0.15, -0.1) is 11.3 Å². The average Bonchev–Trinajstić information content (AvgIpc) is 3.16. The minimum absolute atomic E-state index is 0.0868. The summed E-state index contributed by atoms with van der Waals surface area (Å²) in [6, 6.07) is 12.1. The molecule has 21 heavy (non-hydrogen) atoms. The first-order chi connectivity index (χ1) is 10.2. The fourth-order valence-corrected chi connectivity index (χ4v) is 3.37. The lowest BCUT2D eigenvalue weighted by atomic mass is 10.0. The SMILES string of the molecule is COc1cccc(C2=NN(C(N)=S)C(c3cccs3)C2)c1. The molecule has 108 valence electrons. The maximum absolute atomic E-state index is 5.82. The molecule has 0 amide bonds. The zero-order chi connectivity index (χ0) is 14.8. The molecule has 6 heteroatoms. The molecule has 1 aromatic heterocycles. The molecule has 1 unspecified atom stereocenters. The fraction of sp³-hybridized carbons (Fsp3) is 0.200. The van der Waals surface area contributed by atoms with E-state index in [1.807, 2.05) is 30.3 Å². The van der Waals surface area contributed by atoms with Crippen LogP contribution in [0.4, 0.5) is 0 Å². The van der Waals surface area contributed by atoms with Crippen molar-refractivity contribution >= 4 is 34.4 Å². The molecule has 0 radical (unpaired) electrons. The Labute approximate surface area is 132 Å². The third kappa shape index (κ3) is 2.77. The smallest absolute Gasteiger partial charge is 0.187 e. The van der Waals surface area contributed by atoms with E-state index in [1.54, 1.807) is 23.5 Å². The van der Waals surface area contributed by atoms with Crippen molar-refractivity contribution < 1.29 is 4.74 Å². The number of methoxy groups -OCH3 is 1. The molecule has 1 aliphatic rings. The van der Waals surface area contributed by atoms with Crippen molar-refractivity contribution in [2.45, 2.75) is 12.5 Å². The lowest BCUT2D eigenvalue weighted by Gasteiger charge is -2.20. The maximum Gasteiger partial charge on any atom is 0.187 e. The summed E-state index contributed by atoms with van der Waals surface area (Å²) >= 11 is 6.83. The molecule has 4 nitrogen and oxygen atoms in total. The van der Waals surface area contributed by atoms with Gasteiger partial charge in [-0.2, -0.15) is 5.10 Å². The normalized spacial score (nSPS) is 17.7. The molecule has 2 N–H and O–H groups in total. The van der Waals surface area contributed by atoms with Crippen LogP contribution in [-0.2, 0) is 0 Å². The highest BCUT2D eigenvalue weighted by Crippen LogP contribution is 2.35.